The molecule has 0 aliphatic carbocycles. The van der Waals surface area contributed by atoms with Crippen LogP contribution in [0, 0.1) is 6.92 Å². The van der Waals surface area contributed by atoms with Crippen molar-refractivity contribution in [2.75, 3.05) is 6.61 Å². The lowest BCUT2D eigenvalue weighted by atomic mass is 10.0. The lowest BCUT2D eigenvalue weighted by Crippen LogP contribution is -2.01. The molecule has 0 bridgehead atoms. The van der Waals surface area contributed by atoms with Crippen LogP contribution in [0.25, 0.3) is 0 Å². The summed E-state index contributed by atoms with van der Waals surface area (Å²) in [5.41, 5.74) is 2.56. The number of aromatic carboxylic acids is 1. The molecule has 3 heteroatoms. The smallest absolute Gasteiger partial charge is 0.335 e. The van der Waals surface area contributed by atoms with Gasteiger partial charge in [-0.15, -0.1) is 0 Å². The second kappa shape index (κ2) is 3.42. The van der Waals surface area contributed by atoms with Crippen molar-refractivity contribution in [3.05, 3.63) is 34.9 Å². The molecule has 1 aromatic carbocycles. The normalized spacial score (nSPS) is 19.4. The molecule has 0 radical (unpaired) electrons. The molecule has 1 fully saturated rings. The molecule has 1 aliphatic rings. The van der Waals surface area contributed by atoms with Crippen LogP contribution in [0.3, 0.4) is 0 Å². The maximum atomic E-state index is 10.7. The topological polar surface area (TPSA) is 49.8 Å². The highest BCUT2D eigenvalue weighted by molar-refractivity contribution is 5.87. The van der Waals surface area contributed by atoms with E-state index in [2.05, 4.69) is 0 Å². The van der Waals surface area contributed by atoms with Gasteiger partial charge in [-0.05, 0) is 30.2 Å². The largest absolute Gasteiger partial charge is 0.478 e. The first-order valence-electron chi connectivity index (χ1n) is 4.61. The van der Waals surface area contributed by atoms with E-state index in [0.717, 1.165) is 24.2 Å². The molecule has 1 atom stereocenters. The van der Waals surface area contributed by atoms with Crippen molar-refractivity contribution in [3.8, 4) is 0 Å². The van der Waals surface area contributed by atoms with Gasteiger partial charge in [-0.3, -0.25) is 0 Å². The van der Waals surface area contributed by atoms with E-state index in [1.54, 1.807) is 12.1 Å². The van der Waals surface area contributed by atoms with Gasteiger partial charge in [-0.25, -0.2) is 4.79 Å². The standard InChI is InChI=1S/C11H12O3/c1-7-2-3-8(11(12)13)4-9(7)5-10-6-14-10/h2-4,10H,5-6H2,1H3,(H,12,13). The number of ether oxygens (including phenoxy) is 1. The van der Waals surface area contributed by atoms with Crippen molar-refractivity contribution < 1.29 is 14.6 Å². The van der Waals surface area contributed by atoms with Gasteiger partial charge in [0.25, 0.3) is 0 Å². The maximum Gasteiger partial charge on any atom is 0.335 e. The van der Waals surface area contributed by atoms with Gasteiger partial charge >= 0.3 is 5.97 Å². The van der Waals surface area contributed by atoms with Gasteiger partial charge in [0.2, 0.25) is 0 Å². The van der Waals surface area contributed by atoms with Gasteiger partial charge in [-0.2, -0.15) is 0 Å². The molecule has 1 unspecified atom stereocenters. The van der Waals surface area contributed by atoms with E-state index >= 15 is 0 Å². The number of carboxylic acid groups (broad SMARTS) is 1. The van der Waals surface area contributed by atoms with Gasteiger partial charge in [0.15, 0.2) is 0 Å². The van der Waals surface area contributed by atoms with E-state index in [-0.39, 0.29) is 0 Å². The zero-order chi connectivity index (χ0) is 10.1. The third kappa shape index (κ3) is 1.93. The fourth-order valence-corrected chi connectivity index (χ4v) is 1.46. The van der Waals surface area contributed by atoms with E-state index in [1.165, 1.54) is 0 Å². The molecule has 0 aromatic heterocycles. The molecule has 0 spiro atoms. The predicted octanol–water partition coefficient (Wildman–Crippen LogP) is 1.63. The van der Waals surface area contributed by atoms with Crippen molar-refractivity contribution in [3.63, 3.8) is 0 Å². The highest BCUT2D eigenvalue weighted by Crippen LogP contribution is 2.20. The minimum atomic E-state index is -0.872. The Morgan fingerprint density at radius 1 is 1.64 bits per heavy atom. The van der Waals surface area contributed by atoms with E-state index < -0.39 is 5.97 Å². The summed E-state index contributed by atoms with van der Waals surface area (Å²) in [7, 11) is 0. The molecule has 1 aromatic rings. The summed E-state index contributed by atoms with van der Waals surface area (Å²) in [6.07, 6.45) is 1.13. The van der Waals surface area contributed by atoms with Crippen LogP contribution in [-0.2, 0) is 11.2 Å². The third-order valence-corrected chi connectivity index (χ3v) is 2.45. The van der Waals surface area contributed by atoms with Crippen LogP contribution in [0.1, 0.15) is 21.5 Å². The molecule has 1 aliphatic heterocycles. The zero-order valence-electron chi connectivity index (χ0n) is 7.99. The molecule has 1 N–H and O–H groups in total. The summed E-state index contributed by atoms with van der Waals surface area (Å²) in [5, 5.41) is 8.82. The number of hydrogen-bond donors (Lipinski definition) is 1. The SMILES string of the molecule is Cc1ccc(C(=O)O)cc1CC1CO1. The van der Waals surface area contributed by atoms with Crippen molar-refractivity contribution in [2.45, 2.75) is 19.4 Å². The average molecular weight is 192 g/mol. The number of hydrogen-bond acceptors (Lipinski definition) is 2. The Labute approximate surface area is 82.3 Å². The second-order valence-corrected chi connectivity index (χ2v) is 3.61. The summed E-state index contributed by atoms with van der Waals surface area (Å²) in [4.78, 5) is 10.7. The van der Waals surface area contributed by atoms with Crippen molar-refractivity contribution in [2.24, 2.45) is 0 Å². The van der Waals surface area contributed by atoms with Crippen molar-refractivity contribution >= 4 is 5.97 Å². The maximum absolute atomic E-state index is 10.7. The first-order valence-corrected chi connectivity index (χ1v) is 4.61. The highest BCUT2D eigenvalue weighted by Gasteiger charge is 2.23. The summed E-state index contributed by atoms with van der Waals surface area (Å²) in [6, 6.07) is 5.22. The average Bonchev–Trinajstić information content (AvgIpc) is 2.92. The summed E-state index contributed by atoms with van der Waals surface area (Å²) >= 11 is 0. The Hall–Kier alpha value is -1.35. The van der Waals surface area contributed by atoms with E-state index in [9.17, 15) is 4.79 Å². The summed E-state index contributed by atoms with van der Waals surface area (Å²) < 4.78 is 5.12. The number of carboxylic acids is 1. The summed E-state index contributed by atoms with van der Waals surface area (Å²) in [5.74, 6) is -0.872. The Morgan fingerprint density at radius 2 is 2.36 bits per heavy atom. The molecule has 0 amide bonds. The lowest BCUT2D eigenvalue weighted by Gasteiger charge is -2.04. The molecule has 2 rings (SSSR count). The van der Waals surface area contributed by atoms with E-state index in [4.69, 9.17) is 9.84 Å². The van der Waals surface area contributed by atoms with Gasteiger partial charge in [-0.1, -0.05) is 6.07 Å². The van der Waals surface area contributed by atoms with Gasteiger partial charge in [0, 0.05) is 6.42 Å². The molecular formula is C11H12O3. The second-order valence-electron chi connectivity index (χ2n) is 3.61. The Morgan fingerprint density at radius 3 is 2.93 bits per heavy atom. The van der Waals surface area contributed by atoms with Crippen LogP contribution < -0.4 is 0 Å². The molecule has 1 saturated heterocycles. The van der Waals surface area contributed by atoms with Gasteiger partial charge in [0.1, 0.15) is 0 Å². The fourth-order valence-electron chi connectivity index (χ4n) is 1.46. The Bertz CT molecular complexity index is 367. The molecule has 1 heterocycles. The lowest BCUT2D eigenvalue weighted by molar-refractivity contribution is 0.0696. The molecule has 0 saturated carbocycles. The number of carbonyl (C=O) groups is 1. The molecule has 14 heavy (non-hydrogen) atoms. The van der Waals surface area contributed by atoms with Gasteiger partial charge < -0.3 is 9.84 Å². The first kappa shape index (κ1) is 9.21. The highest BCUT2D eigenvalue weighted by atomic mass is 16.6. The minimum Gasteiger partial charge on any atom is -0.478 e. The summed E-state index contributed by atoms with van der Waals surface area (Å²) in [6.45, 7) is 2.79. The van der Waals surface area contributed by atoms with E-state index in [1.807, 2.05) is 13.0 Å². The Balaban J connectivity index is 2.26. The number of rotatable bonds is 3. The predicted molar refractivity (Wildman–Crippen MR) is 51.6 cm³/mol. The fraction of sp³-hybridized carbons (Fsp3) is 0.364. The van der Waals surface area contributed by atoms with Crippen LogP contribution in [0.2, 0.25) is 0 Å². The first-order chi connectivity index (χ1) is 6.66. The molecule has 74 valence electrons. The monoisotopic (exact) mass is 192 g/mol. The molecule has 3 nitrogen and oxygen atoms in total. The van der Waals surface area contributed by atoms with Crippen LogP contribution >= 0.6 is 0 Å². The quantitative estimate of drug-likeness (QED) is 0.740. The van der Waals surface area contributed by atoms with Crippen molar-refractivity contribution in [1.29, 1.82) is 0 Å². The zero-order valence-corrected chi connectivity index (χ0v) is 7.99. The minimum absolute atomic E-state index is 0.303. The third-order valence-electron chi connectivity index (χ3n) is 2.45. The number of aryl methyl sites for hydroxylation is 1. The van der Waals surface area contributed by atoms with Crippen molar-refractivity contribution in [1.82, 2.24) is 0 Å². The van der Waals surface area contributed by atoms with E-state index in [0.29, 0.717) is 11.7 Å². The van der Waals surface area contributed by atoms with Crippen LogP contribution in [0.15, 0.2) is 18.2 Å². The van der Waals surface area contributed by atoms with Crippen LogP contribution in [0.5, 0.6) is 0 Å². The van der Waals surface area contributed by atoms with Gasteiger partial charge in [0.05, 0.1) is 18.3 Å². The number of benzene rings is 1. The van der Waals surface area contributed by atoms with Crippen LogP contribution in [0.4, 0.5) is 0 Å². The Kier molecular flexibility index (Phi) is 2.25. The molecular weight excluding hydrogens is 180 g/mol. The van der Waals surface area contributed by atoms with Crippen LogP contribution in [-0.4, -0.2) is 23.8 Å². The number of epoxide rings is 1.